The Balaban J connectivity index is 1.91. The first-order chi connectivity index (χ1) is 8.65. The molecule has 1 N–H and O–H groups in total. The van der Waals surface area contributed by atoms with Crippen LogP contribution in [0.4, 0.5) is 9.18 Å². The smallest absolute Gasteiger partial charge is 0.408 e. The molecule has 2 aliphatic rings. The van der Waals surface area contributed by atoms with E-state index in [4.69, 9.17) is 5.11 Å². The van der Waals surface area contributed by atoms with Crippen molar-refractivity contribution < 1.29 is 14.3 Å². The summed E-state index contributed by atoms with van der Waals surface area (Å²) in [5.41, 5.74) is 2.14. The van der Waals surface area contributed by atoms with Gasteiger partial charge in [-0.15, -0.1) is 0 Å². The Labute approximate surface area is 105 Å². The van der Waals surface area contributed by atoms with Crippen LogP contribution in [0.1, 0.15) is 24.8 Å². The third kappa shape index (κ3) is 1.78. The number of hydrogen-bond acceptors (Lipinski definition) is 1. The number of benzene rings is 1. The Morgan fingerprint density at radius 3 is 2.61 bits per heavy atom. The fourth-order valence-electron chi connectivity index (χ4n) is 3.01. The number of amides is 1. The molecule has 2 atom stereocenters. The summed E-state index contributed by atoms with van der Waals surface area (Å²) in [6, 6.07) is 6.48. The first-order valence-corrected chi connectivity index (χ1v) is 6.13. The highest BCUT2D eigenvalue weighted by atomic mass is 19.1. The Kier molecular flexibility index (Phi) is 2.58. The molecule has 1 aromatic carbocycles. The van der Waals surface area contributed by atoms with E-state index in [1.807, 2.05) is 6.08 Å². The van der Waals surface area contributed by atoms with Crippen molar-refractivity contribution >= 4 is 11.7 Å². The van der Waals surface area contributed by atoms with Gasteiger partial charge in [-0.25, -0.2) is 9.18 Å². The van der Waals surface area contributed by atoms with Crippen LogP contribution in [0.5, 0.6) is 0 Å². The second-order valence-electron chi connectivity index (χ2n) is 4.89. The van der Waals surface area contributed by atoms with Crippen molar-refractivity contribution in [2.75, 3.05) is 0 Å². The van der Waals surface area contributed by atoms with Crippen molar-refractivity contribution in [1.82, 2.24) is 4.90 Å². The van der Waals surface area contributed by atoms with Crippen LogP contribution in [-0.4, -0.2) is 28.2 Å². The minimum absolute atomic E-state index is 0.0127. The molecule has 0 aliphatic carbocycles. The van der Waals surface area contributed by atoms with Crippen molar-refractivity contribution in [3.63, 3.8) is 0 Å². The van der Waals surface area contributed by atoms with Gasteiger partial charge in [0.25, 0.3) is 0 Å². The first kappa shape index (κ1) is 11.3. The molecule has 0 spiro atoms. The summed E-state index contributed by atoms with van der Waals surface area (Å²) in [7, 11) is 0. The molecule has 0 radical (unpaired) electrons. The third-order valence-electron chi connectivity index (χ3n) is 3.83. The SMILES string of the molecule is O=C(O)N1C2C=C(c3ccc(F)cc3)CC1CC2. The zero-order valence-electron chi connectivity index (χ0n) is 9.84. The summed E-state index contributed by atoms with van der Waals surface area (Å²) >= 11 is 0. The Morgan fingerprint density at radius 2 is 2.00 bits per heavy atom. The number of fused-ring (bicyclic) bond motifs is 2. The van der Waals surface area contributed by atoms with E-state index < -0.39 is 6.09 Å². The van der Waals surface area contributed by atoms with Gasteiger partial charge >= 0.3 is 6.09 Å². The lowest BCUT2D eigenvalue weighted by Gasteiger charge is -2.31. The molecular weight excluding hydrogens is 233 g/mol. The topological polar surface area (TPSA) is 40.5 Å². The molecule has 1 fully saturated rings. The number of rotatable bonds is 1. The molecule has 94 valence electrons. The van der Waals surface area contributed by atoms with E-state index in [0.717, 1.165) is 30.4 Å². The van der Waals surface area contributed by atoms with E-state index in [0.29, 0.717) is 0 Å². The third-order valence-corrected chi connectivity index (χ3v) is 3.83. The van der Waals surface area contributed by atoms with Crippen molar-refractivity contribution in [3.8, 4) is 0 Å². The summed E-state index contributed by atoms with van der Waals surface area (Å²) in [6.07, 6.45) is 3.72. The van der Waals surface area contributed by atoms with Crippen LogP contribution in [0.15, 0.2) is 30.3 Å². The predicted molar refractivity (Wildman–Crippen MR) is 65.7 cm³/mol. The van der Waals surface area contributed by atoms with Crippen LogP contribution in [0.3, 0.4) is 0 Å². The van der Waals surface area contributed by atoms with Crippen LogP contribution in [0, 0.1) is 5.82 Å². The fraction of sp³-hybridized carbons (Fsp3) is 0.357. The van der Waals surface area contributed by atoms with E-state index in [9.17, 15) is 9.18 Å². The van der Waals surface area contributed by atoms with Crippen LogP contribution in [-0.2, 0) is 0 Å². The maximum atomic E-state index is 12.9. The highest BCUT2D eigenvalue weighted by Crippen LogP contribution is 2.38. The monoisotopic (exact) mass is 247 g/mol. The normalized spacial score (nSPS) is 26.1. The van der Waals surface area contributed by atoms with Gasteiger partial charge in [0.15, 0.2) is 0 Å². The average molecular weight is 247 g/mol. The fourth-order valence-corrected chi connectivity index (χ4v) is 3.01. The lowest BCUT2D eigenvalue weighted by Crippen LogP contribution is -2.41. The number of halogens is 1. The van der Waals surface area contributed by atoms with E-state index >= 15 is 0 Å². The summed E-state index contributed by atoms with van der Waals surface area (Å²) < 4.78 is 12.9. The molecule has 3 nitrogen and oxygen atoms in total. The molecule has 1 saturated heterocycles. The summed E-state index contributed by atoms with van der Waals surface area (Å²) in [5, 5.41) is 9.16. The lowest BCUT2D eigenvalue weighted by atomic mass is 9.95. The molecule has 4 heteroatoms. The standard InChI is InChI=1S/C14H14FNO2/c15-11-3-1-9(2-4-11)10-7-12-5-6-13(8-10)16(12)14(17)18/h1-4,7,12-13H,5-6,8H2,(H,17,18). The molecule has 0 saturated carbocycles. The maximum Gasteiger partial charge on any atom is 0.408 e. The average Bonchev–Trinajstić information content (AvgIpc) is 2.62. The minimum Gasteiger partial charge on any atom is -0.465 e. The molecule has 1 amide bonds. The Hall–Kier alpha value is -1.84. The van der Waals surface area contributed by atoms with Crippen LogP contribution < -0.4 is 0 Å². The van der Waals surface area contributed by atoms with Crippen molar-refractivity contribution in [2.45, 2.75) is 31.3 Å². The molecule has 1 aromatic rings. The van der Waals surface area contributed by atoms with Crippen LogP contribution in [0.2, 0.25) is 0 Å². The Bertz CT molecular complexity index is 509. The van der Waals surface area contributed by atoms with E-state index in [1.54, 1.807) is 17.0 Å². The van der Waals surface area contributed by atoms with Crippen LogP contribution >= 0.6 is 0 Å². The zero-order valence-corrected chi connectivity index (χ0v) is 9.84. The summed E-state index contributed by atoms with van der Waals surface area (Å²) in [6.45, 7) is 0. The van der Waals surface area contributed by atoms with Gasteiger partial charge in [-0.05, 0) is 42.5 Å². The molecule has 2 unspecified atom stereocenters. The Morgan fingerprint density at radius 1 is 1.28 bits per heavy atom. The van der Waals surface area contributed by atoms with Gasteiger partial charge in [-0.2, -0.15) is 0 Å². The second kappa shape index (κ2) is 4.12. The van der Waals surface area contributed by atoms with Crippen molar-refractivity contribution in [2.24, 2.45) is 0 Å². The molecule has 2 heterocycles. The van der Waals surface area contributed by atoms with E-state index in [1.165, 1.54) is 12.1 Å². The van der Waals surface area contributed by atoms with E-state index in [2.05, 4.69) is 0 Å². The molecule has 2 bridgehead atoms. The van der Waals surface area contributed by atoms with Crippen LogP contribution in [0.25, 0.3) is 5.57 Å². The number of carboxylic acid groups (broad SMARTS) is 1. The molecule has 2 aliphatic heterocycles. The molecule has 18 heavy (non-hydrogen) atoms. The van der Waals surface area contributed by atoms with Gasteiger partial charge in [0.1, 0.15) is 5.82 Å². The number of carbonyl (C=O) groups is 1. The highest BCUT2D eigenvalue weighted by molar-refractivity contribution is 5.73. The molecular formula is C14H14FNO2. The number of nitrogens with zero attached hydrogens (tertiary/aromatic N) is 1. The zero-order chi connectivity index (χ0) is 12.7. The van der Waals surface area contributed by atoms with Crippen molar-refractivity contribution in [1.29, 1.82) is 0 Å². The minimum atomic E-state index is -0.836. The van der Waals surface area contributed by atoms with Gasteiger partial charge in [0, 0.05) is 6.04 Å². The summed E-state index contributed by atoms with van der Waals surface area (Å²) in [4.78, 5) is 12.7. The highest BCUT2D eigenvalue weighted by Gasteiger charge is 2.39. The van der Waals surface area contributed by atoms with Gasteiger partial charge in [-0.3, -0.25) is 4.90 Å². The first-order valence-electron chi connectivity index (χ1n) is 6.13. The second-order valence-corrected chi connectivity index (χ2v) is 4.89. The van der Waals surface area contributed by atoms with Gasteiger partial charge in [0.05, 0.1) is 6.04 Å². The van der Waals surface area contributed by atoms with Crippen molar-refractivity contribution in [3.05, 3.63) is 41.7 Å². The molecule has 3 rings (SSSR count). The quantitative estimate of drug-likeness (QED) is 0.828. The van der Waals surface area contributed by atoms with Gasteiger partial charge in [-0.1, -0.05) is 18.2 Å². The number of hydrogen-bond donors (Lipinski definition) is 1. The largest absolute Gasteiger partial charge is 0.465 e. The predicted octanol–water partition coefficient (Wildman–Crippen LogP) is 3.12. The molecule has 0 aromatic heterocycles. The van der Waals surface area contributed by atoms with Gasteiger partial charge in [0.2, 0.25) is 0 Å². The summed E-state index contributed by atoms with van der Waals surface area (Å²) in [5.74, 6) is -0.245. The van der Waals surface area contributed by atoms with E-state index in [-0.39, 0.29) is 17.9 Å². The lowest BCUT2D eigenvalue weighted by molar-refractivity contribution is 0.128. The van der Waals surface area contributed by atoms with Gasteiger partial charge < -0.3 is 5.11 Å². The maximum absolute atomic E-state index is 12.9.